The Kier molecular flexibility index (Phi) is 3.62. The van der Waals surface area contributed by atoms with Crippen molar-refractivity contribution >= 4 is 0 Å². The summed E-state index contributed by atoms with van der Waals surface area (Å²) < 4.78 is 11.8. The first kappa shape index (κ1) is 16.9. The molecule has 0 spiro atoms. The summed E-state index contributed by atoms with van der Waals surface area (Å²) >= 11 is 0. The summed E-state index contributed by atoms with van der Waals surface area (Å²) in [5.74, 6) is 5.04. The van der Waals surface area contributed by atoms with Crippen molar-refractivity contribution < 1.29 is 14.6 Å². The van der Waals surface area contributed by atoms with Gasteiger partial charge in [0.05, 0.1) is 0 Å². The Bertz CT molecular complexity index is 876. The molecule has 0 saturated heterocycles. The average molecular weight is 376 g/mol. The summed E-state index contributed by atoms with van der Waals surface area (Å²) in [4.78, 5) is 0. The number of fused-ring (bicyclic) bond motifs is 1. The van der Waals surface area contributed by atoms with Gasteiger partial charge in [-0.2, -0.15) is 0 Å². The summed E-state index contributed by atoms with van der Waals surface area (Å²) in [6.45, 7) is 2.75. The lowest BCUT2D eigenvalue weighted by Crippen LogP contribution is -2.54. The number of aliphatic hydroxyl groups excluding tert-OH is 1. The molecule has 2 aromatic carbocycles. The number of benzene rings is 2. The molecule has 1 unspecified atom stereocenters. The van der Waals surface area contributed by atoms with E-state index >= 15 is 0 Å². The third kappa shape index (κ3) is 2.32. The van der Waals surface area contributed by atoms with Crippen LogP contribution < -0.4 is 9.47 Å². The van der Waals surface area contributed by atoms with E-state index in [4.69, 9.17) is 9.47 Å². The van der Waals surface area contributed by atoms with Gasteiger partial charge in [0, 0.05) is 11.0 Å². The van der Waals surface area contributed by atoms with Crippen LogP contribution in [0.5, 0.6) is 11.5 Å². The van der Waals surface area contributed by atoms with Crippen molar-refractivity contribution in [3.63, 3.8) is 0 Å². The van der Waals surface area contributed by atoms with Crippen molar-refractivity contribution in [3.05, 3.63) is 59.2 Å². The topological polar surface area (TPSA) is 38.7 Å². The molecular formula is C25H28O3. The highest BCUT2D eigenvalue weighted by molar-refractivity contribution is 5.56. The Hall–Kier alpha value is -2.00. The highest BCUT2D eigenvalue weighted by atomic mass is 16.7. The predicted molar refractivity (Wildman–Crippen MR) is 107 cm³/mol. The van der Waals surface area contributed by atoms with Gasteiger partial charge in [-0.05, 0) is 79.0 Å². The molecule has 2 aromatic rings. The van der Waals surface area contributed by atoms with Gasteiger partial charge in [0.2, 0.25) is 6.79 Å². The molecule has 7 rings (SSSR count). The summed E-state index contributed by atoms with van der Waals surface area (Å²) in [6.07, 6.45) is 6.22. The molecule has 3 heteroatoms. The molecular weight excluding hydrogens is 348 g/mol. The maximum atomic E-state index is 11.1. The van der Waals surface area contributed by atoms with Crippen LogP contribution in [0, 0.1) is 23.7 Å². The van der Waals surface area contributed by atoms with Crippen molar-refractivity contribution in [2.75, 3.05) is 6.79 Å². The number of ether oxygens (including phenoxy) is 2. The van der Waals surface area contributed by atoms with Crippen molar-refractivity contribution in [3.8, 4) is 11.5 Å². The molecule has 0 amide bonds. The number of hydrogen-bond acceptors (Lipinski definition) is 3. The highest BCUT2D eigenvalue weighted by Crippen LogP contribution is 2.64. The first-order chi connectivity index (χ1) is 13.6. The fraction of sp³-hybridized carbons (Fsp3) is 0.520. The molecule has 4 saturated carbocycles. The molecule has 0 radical (unpaired) electrons. The SMILES string of the molecule is CC1(c2cc(C(O)c3ccccc3)cc3c2OCO3)C2CC3CC(C2)CC1C3. The summed E-state index contributed by atoms with van der Waals surface area (Å²) in [5.41, 5.74) is 3.24. The zero-order chi connectivity index (χ0) is 18.9. The highest BCUT2D eigenvalue weighted by Gasteiger charge is 2.56. The zero-order valence-electron chi connectivity index (χ0n) is 16.4. The standard InChI is InChI=1S/C25H28O3/c1-25(19-8-15-7-16(10-19)11-20(25)9-15)21-12-18(13-22-24(21)28-14-27-22)23(26)17-5-3-2-4-6-17/h2-6,12-13,15-16,19-20,23,26H,7-11,14H2,1H3. The Morgan fingerprint density at radius 2 is 1.57 bits per heavy atom. The van der Waals surface area contributed by atoms with Crippen LogP contribution in [-0.4, -0.2) is 11.9 Å². The maximum Gasteiger partial charge on any atom is 0.231 e. The third-order valence-electron chi connectivity index (χ3n) is 8.34. The van der Waals surface area contributed by atoms with Gasteiger partial charge in [-0.1, -0.05) is 37.3 Å². The van der Waals surface area contributed by atoms with Gasteiger partial charge >= 0.3 is 0 Å². The van der Waals surface area contributed by atoms with Gasteiger partial charge < -0.3 is 14.6 Å². The van der Waals surface area contributed by atoms with Crippen LogP contribution in [-0.2, 0) is 5.41 Å². The molecule has 1 heterocycles. The van der Waals surface area contributed by atoms with Crippen LogP contribution >= 0.6 is 0 Å². The average Bonchev–Trinajstić information content (AvgIpc) is 3.19. The molecule has 0 aromatic heterocycles. The van der Waals surface area contributed by atoms with Crippen molar-refractivity contribution in [2.45, 2.75) is 50.5 Å². The quantitative estimate of drug-likeness (QED) is 0.799. The first-order valence-electron chi connectivity index (χ1n) is 10.8. The molecule has 146 valence electrons. The van der Waals surface area contributed by atoms with Crippen LogP contribution in [0.3, 0.4) is 0 Å². The molecule has 28 heavy (non-hydrogen) atoms. The van der Waals surface area contributed by atoms with E-state index < -0.39 is 6.10 Å². The lowest BCUT2D eigenvalue weighted by molar-refractivity contribution is -0.0532. The second-order valence-electron chi connectivity index (χ2n) is 9.70. The second kappa shape index (κ2) is 6.00. The molecule has 3 nitrogen and oxygen atoms in total. The molecule has 1 N–H and O–H groups in total. The van der Waals surface area contributed by atoms with E-state index in [1.54, 1.807) is 0 Å². The summed E-state index contributed by atoms with van der Waals surface area (Å²) in [5, 5.41) is 11.1. The second-order valence-corrected chi connectivity index (χ2v) is 9.70. The number of aliphatic hydroxyl groups is 1. The van der Waals surface area contributed by atoms with Gasteiger partial charge in [0.1, 0.15) is 6.10 Å². The molecule has 4 fully saturated rings. The molecule has 5 aliphatic rings. The van der Waals surface area contributed by atoms with Gasteiger partial charge in [-0.15, -0.1) is 0 Å². The van der Waals surface area contributed by atoms with Gasteiger partial charge in [-0.3, -0.25) is 0 Å². The largest absolute Gasteiger partial charge is 0.454 e. The summed E-state index contributed by atoms with van der Waals surface area (Å²) in [6, 6.07) is 14.1. The fourth-order valence-corrected chi connectivity index (χ4v) is 7.02. The predicted octanol–water partition coefficient (Wildman–Crippen LogP) is 5.21. The van der Waals surface area contributed by atoms with E-state index in [0.717, 1.165) is 46.3 Å². The van der Waals surface area contributed by atoms with E-state index in [2.05, 4.69) is 13.0 Å². The maximum absolute atomic E-state index is 11.1. The minimum Gasteiger partial charge on any atom is -0.454 e. The lowest BCUT2D eigenvalue weighted by atomic mass is 9.44. The monoisotopic (exact) mass is 376 g/mol. The van der Waals surface area contributed by atoms with Gasteiger partial charge in [0.25, 0.3) is 0 Å². The van der Waals surface area contributed by atoms with Crippen LogP contribution in [0.15, 0.2) is 42.5 Å². The van der Waals surface area contributed by atoms with Crippen LogP contribution in [0.2, 0.25) is 0 Å². The van der Waals surface area contributed by atoms with Crippen LogP contribution in [0.4, 0.5) is 0 Å². The van der Waals surface area contributed by atoms with E-state index in [1.807, 2.05) is 36.4 Å². The smallest absolute Gasteiger partial charge is 0.231 e. The number of rotatable bonds is 3. The van der Waals surface area contributed by atoms with Gasteiger partial charge in [0.15, 0.2) is 11.5 Å². The minimum absolute atomic E-state index is 0.123. The summed E-state index contributed by atoms with van der Waals surface area (Å²) in [7, 11) is 0. The normalized spacial score (nSPS) is 35.9. The van der Waals surface area contributed by atoms with E-state index in [-0.39, 0.29) is 12.2 Å². The molecule has 4 aliphatic carbocycles. The van der Waals surface area contributed by atoms with Crippen LogP contribution in [0.1, 0.15) is 61.8 Å². The van der Waals surface area contributed by atoms with E-state index in [1.165, 1.54) is 37.7 Å². The minimum atomic E-state index is -0.644. The van der Waals surface area contributed by atoms with Crippen molar-refractivity contribution in [1.82, 2.24) is 0 Å². The van der Waals surface area contributed by atoms with E-state index in [9.17, 15) is 5.11 Å². The third-order valence-corrected chi connectivity index (χ3v) is 8.34. The fourth-order valence-electron chi connectivity index (χ4n) is 7.02. The Morgan fingerprint density at radius 3 is 2.25 bits per heavy atom. The molecule has 1 atom stereocenters. The molecule has 4 bridgehead atoms. The van der Waals surface area contributed by atoms with Crippen molar-refractivity contribution in [2.24, 2.45) is 23.7 Å². The number of hydrogen-bond donors (Lipinski definition) is 1. The zero-order valence-corrected chi connectivity index (χ0v) is 16.4. The Balaban J connectivity index is 1.47. The molecule has 1 aliphatic heterocycles. The van der Waals surface area contributed by atoms with E-state index in [0.29, 0.717) is 0 Å². The lowest BCUT2D eigenvalue weighted by Gasteiger charge is -2.60. The Labute approximate surface area is 166 Å². The Morgan fingerprint density at radius 1 is 0.893 bits per heavy atom. The van der Waals surface area contributed by atoms with Crippen LogP contribution in [0.25, 0.3) is 0 Å². The first-order valence-corrected chi connectivity index (χ1v) is 10.8. The van der Waals surface area contributed by atoms with Gasteiger partial charge in [-0.25, -0.2) is 0 Å². The van der Waals surface area contributed by atoms with Crippen molar-refractivity contribution in [1.29, 1.82) is 0 Å².